The molecule has 0 unspecified atom stereocenters. The smallest absolute Gasteiger partial charge is 0.335 e. The zero-order valence-electron chi connectivity index (χ0n) is 9.95. The Morgan fingerprint density at radius 1 is 0.952 bits per heavy atom. The average molecular weight is 369 g/mol. The van der Waals surface area contributed by atoms with Crippen LogP contribution in [-0.4, -0.2) is 27.9 Å². The summed E-state index contributed by atoms with van der Waals surface area (Å²) < 4.78 is 45.9. The number of aromatic carboxylic acids is 1. The summed E-state index contributed by atoms with van der Waals surface area (Å²) in [5, 5.41) is 9.09. The summed E-state index contributed by atoms with van der Waals surface area (Å²) >= 11 is 0. The first-order chi connectivity index (χ1) is 9.50. The summed E-state index contributed by atoms with van der Waals surface area (Å²) in [6.45, 7) is 0. The zero-order valence-corrected chi connectivity index (χ0v) is 13.1. The molecule has 0 aromatic heterocycles. The maximum atomic E-state index is 11.6. The van der Waals surface area contributed by atoms with Gasteiger partial charge < -0.3 is 5.11 Å². The highest BCUT2D eigenvalue weighted by Gasteiger charge is 2.21. The van der Waals surface area contributed by atoms with Crippen molar-refractivity contribution < 1.29 is 26.7 Å². The minimum Gasteiger partial charge on any atom is -0.478 e. The molecular formula is C11H6Cl2O6S2. The van der Waals surface area contributed by atoms with Crippen molar-refractivity contribution in [3.8, 4) is 0 Å². The van der Waals surface area contributed by atoms with Gasteiger partial charge in [0.15, 0.2) is 0 Å². The molecule has 0 amide bonds. The first-order valence-corrected chi connectivity index (χ1v) is 9.82. The monoisotopic (exact) mass is 368 g/mol. The Morgan fingerprint density at radius 2 is 1.57 bits per heavy atom. The van der Waals surface area contributed by atoms with Gasteiger partial charge in [-0.2, -0.15) is 0 Å². The van der Waals surface area contributed by atoms with E-state index in [1.54, 1.807) is 0 Å². The molecule has 0 saturated heterocycles. The normalized spacial score (nSPS) is 12.5. The zero-order chi connectivity index (χ0) is 16.0. The van der Waals surface area contributed by atoms with Crippen LogP contribution in [0, 0.1) is 0 Å². The number of benzene rings is 2. The van der Waals surface area contributed by atoms with Gasteiger partial charge in [0.25, 0.3) is 18.1 Å². The van der Waals surface area contributed by atoms with E-state index < -0.39 is 33.9 Å². The molecule has 10 heteroatoms. The van der Waals surface area contributed by atoms with E-state index in [-0.39, 0.29) is 16.3 Å². The Labute approximate surface area is 128 Å². The van der Waals surface area contributed by atoms with Crippen LogP contribution in [0.1, 0.15) is 10.4 Å². The fraction of sp³-hybridized carbons (Fsp3) is 0. The van der Waals surface area contributed by atoms with E-state index in [9.17, 15) is 21.6 Å². The molecule has 0 spiro atoms. The van der Waals surface area contributed by atoms with Gasteiger partial charge in [0.2, 0.25) is 0 Å². The third-order valence-electron chi connectivity index (χ3n) is 2.68. The second-order valence-electron chi connectivity index (χ2n) is 4.04. The largest absolute Gasteiger partial charge is 0.478 e. The molecule has 0 fully saturated rings. The van der Waals surface area contributed by atoms with Crippen molar-refractivity contribution in [1.82, 2.24) is 0 Å². The van der Waals surface area contributed by atoms with Gasteiger partial charge in [-0.1, -0.05) is 6.07 Å². The standard InChI is InChI=1S/C11H6Cl2O6S2/c12-20(16,17)8-4-7-3-6(11(14)15)1-2-9(7)10(5-8)21(13,18)19/h1-5H,(H,14,15). The lowest BCUT2D eigenvalue weighted by molar-refractivity contribution is 0.0697. The maximum Gasteiger partial charge on any atom is 0.335 e. The van der Waals surface area contributed by atoms with E-state index in [0.717, 1.165) is 18.2 Å². The molecular weight excluding hydrogens is 363 g/mol. The minimum atomic E-state index is -4.24. The molecule has 0 bridgehead atoms. The first-order valence-electron chi connectivity index (χ1n) is 5.20. The van der Waals surface area contributed by atoms with Gasteiger partial charge in [-0.25, -0.2) is 21.6 Å². The predicted octanol–water partition coefficient (Wildman–Crippen LogP) is 2.39. The van der Waals surface area contributed by atoms with E-state index >= 15 is 0 Å². The Hall–Kier alpha value is -1.35. The molecule has 1 N–H and O–H groups in total. The fourth-order valence-corrected chi connectivity index (χ4v) is 3.75. The minimum absolute atomic E-state index is 0.0795. The van der Waals surface area contributed by atoms with E-state index in [1.165, 1.54) is 12.1 Å². The molecule has 112 valence electrons. The molecule has 2 aromatic rings. The van der Waals surface area contributed by atoms with Crippen molar-refractivity contribution in [1.29, 1.82) is 0 Å². The number of carboxylic acids is 1. The summed E-state index contributed by atoms with van der Waals surface area (Å²) in [5.41, 5.74) is -0.135. The second-order valence-corrected chi connectivity index (χ2v) is 9.14. The Balaban J connectivity index is 2.98. The molecule has 0 heterocycles. The Bertz CT molecular complexity index is 964. The summed E-state index contributed by atoms with van der Waals surface area (Å²) in [7, 11) is 2.03. The third kappa shape index (κ3) is 3.29. The van der Waals surface area contributed by atoms with E-state index in [0.29, 0.717) is 0 Å². The van der Waals surface area contributed by atoms with Crippen molar-refractivity contribution in [3.05, 3.63) is 35.9 Å². The lowest BCUT2D eigenvalue weighted by atomic mass is 10.1. The summed E-state index contributed by atoms with van der Waals surface area (Å²) in [5.74, 6) is -1.24. The van der Waals surface area contributed by atoms with Crippen LogP contribution in [0.3, 0.4) is 0 Å². The summed E-state index contributed by atoms with van der Waals surface area (Å²) in [6.07, 6.45) is 0. The SMILES string of the molecule is O=C(O)c1ccc2c(S(=O)(=O)Cl)cc(S(=O)(=O)Cl)cc2c1. The van der Waals surface area contributed by atoms with Gasteiger partial charge >= 0.3 is 5.97 Å². The van der Waals surface area contributed by atoms with Crippen LogP contribution in [0.5, 0.6) is 0 Å². The number of carbonyl (C=O) groups is 1. The van der Waals surface area contributed by atoms with Crippen molar-refractivity contribution in [2.45, 2.75) is 9.79 Å². The van der Waals surface area contributed by atoms with E-state index in [2.05, 4.69) is 0 Å². The number of halogens is 2. The topological polar surface area (TPSA) is 106 Å². The van der Waals surface area contributed by atoms with Crippen LogP contribution < -0.4 is 0 Å². The Morgan fingerprint density at radius 3 is 2.05 bits per heavy atom. The van der Waals surface area contributed by atoms with Crippen molar-refractivity contribution in [3.63, 3.8) is 0 Å². The lowest BCUT2D eigenvalue weighted by Crippen LogP contribution is -2.00. The fourth-order valence-electron chi connectivity index (χ4n) is 1.78. The van der Waals surface area contributed by atoms with Crippen molar-refractivity contribution in [2.75, 3.05) is 0 Å². The first kappa shape index (κ1) is 16.0. The van der Waals surface area contributed by atoms with Gasteiger partial charge in [0.1, 0.15) is 0 Å². The molecule has 0 aliphatic rings. The molecule has 0 radical (unpaired) electrons. The van der Waals surface area contributed by atoms with Crippen LogP contribution in [0.2, 0.25) is 0 Å². The number of carboxylic acid groups (broad SMARTS) is 1. The molecule has 0 aliphatic carbocycles. The molecule has 0 atom stereocenters. The molecule has 2 aromatic carbocycles. The van der Waals surface area contributed by atoms with Crippen LogP contribution in [0.25, 0.3) is 10.8 Å². The quantitative estimate of drug-likeness (QED) is 0.833. The number of hydrogen-bond donors (Lipinski definition) is 1. The van der Waals surface area contributed by atoms with Gasteiger partial charge in [-0.3, -0.25) is 0 Å². The van der Waals surface area contributed by atoms with Gasteiger partial charge in [-0.05, 0) is 29.7 Å². The highest BCUT2D eigenvalue weighted by molar-refractivity contribution is 8.14. The molecule has 0 aliphatic heterocycles. The number of rotatable bonds is 3. The van der Waals surface area contributed by atoms with Crippen LogP contribution in [0.15, 0.2) is 40.1 Å². The van der Waals surface area contributed by atoms with Gasteiger partial charge in [0.05, 0.1) is 15.4 Å². The van der Waals surface area contributed by atoms with Crippen LogP contribution in [0.4, 0.5) is 0 Å². The highest BCUT2D eigenvalue weighted by atomic mass is 35.7. The molecule has 21 heavy (non-hydrogen) atoms. The molecule has 6 nitrogen and oxygen atoms in total. The van der Waals surface area contributed by atoms with E-state index in [1.807, 2.05) is 0 Å². The van der Waals surface area contributed by atoms with Gasteiger partial charge in [-0.15, -0.1) is 0 Å². The maximum absolute atomic E-state index is 11.6. The van der Waals surface area contributed by atoms with Gasteiger partial charge in [0, 0.05) is 26.8 Å². The van der Waals surface area contributed by atoms with Crippen LogP contribution >= 0.6 is 21.4 Å². The third-order valence-corrected chi connectivity index (χ3v) is 5.37. The number of hydrogen-bond acceptors (Lipinski definition) is 5. The molecule has 2 rings (SSSR count). The summed E-state index contributed by atoms with van der Waals surface area (Å²) in [6, 6.07) is 5.46. The lowest BCUT2D eigenvalue weighted by Gasteiger charge is -2.07. The second kappa shape index (κ2) is 5.13. The molecule has 0 saturated carbocycles. The number of fused-ring (bicyclic) bond motifs is 1. The van der Waals surface area contributed by atoms with E-state index in [4.69, 9.17) is 26.5 Å². The van der Waals surface area contributed by atoms with Crippen molar-refractivity contribution in [2.24, 2.45) is 0 Å². The van der Waals surface area contributed by atoms with Crippen LogP contribution in [-0.2, 0) is 18.1 Å². The summed E-state index contributed by atoms with van der Waals surface area (Å²) in [4.78, 5) is 9.97. The predicted molar refractivity (Wildman–Crippen MR) is 77.0 cm³/mol. The highest BCUT2D eigenvalue weighted by Crippen LogP contribution is 2.31. The van der Waals surface area contributed by atoms with Crippen molar-refractivity contribution >= 4 is 56.2 Å². The Kier molecular flexibility index (Phi) is 3.92. The average Bonchev–Trinajstić information content (AvgIpc) is 2.34.